The summed E-state index contributed by atoms with van der Waals surface area (Å²) in [4.78, 5) is 10.6. The van der Waals surface area contributed by atoms with E-state index >= 15 is 0 Å². The summed E-state index contributed by atoms with van der Waals surface area (Å²) in [6, 6.07) is 2.54. The molecule has 1 aromatic rings. The van der Waals surface area contributed by atoms with Gasteiger partial charge in [0.1, 0.15) is 0 Å². The second-order valence-corrected chi connectivity index (χ2v) is 4.14. The van der Waals surface area contributed by atoms with E-state index < -0.39 is 0 Å². The van der Waals surface area contributed by atoms with Crippen LogP contribution in [0.3, 0.4) is 0 Å². The minimum absolute atomic E-state index is 0.581. The van der Waals surface area contributed by atoms with Crippen molar-refractivity contribution in [2.24, 2.45) is 0 Å². The van der Waals surface area contributed by atoms with E-state index in [-0.39, 0.29) is 0 Å². The summed E-state index contributed by atoms with van der Waals surface area (Å²) < 4.78 is 0. The maximum absolute atomic E-state index is 4.47. The molecule has 0 amide bonds. The minimum atomic E-state index is 0.581. The third-order valence-electron chi connectivity index (χ3n) is 2.66. The topological polar surface area (TPSA) is 41.1 Å². The predicted octanol–water partition coefficient (Wildman–Crippen LogP) is 1.82. The average Bonchev–Trinajstić information content (AvgIpc) is 2.31. The van der Waals surface area contributed by atoms with Crippen LogP contribution < -0.4 is 10.2 Å². The number of hydrogen-bond donors (Lipinski definition) is 1. The third-order valence-corrected chi connectivity index (χ3v) is 2.66. The fourth-order valence-corrected chi connectivity index (χ4v) is 1.52. The molecule has 90 valence electrons. The molecule has 0 aliphatic rings. The lowest BCUT2D eigenvalue weighted by Crippen LogP contribution is -2.27. The van der Waals surface area contributed by atoms with Gasteiger partial charge in [-0.3, -0.25) is 0 Å². The first-order chi connectivity index (χ1) is 7.67. The highest BCUT2D eigenvalue weighted by Gasteiger charge is 2.04. The largest absolute Gasteiger partial charge is 0.347 e. The summed E-state index contributed by atoms with van der Waals surface area (Å²) in [5.74, 6) is 0.767. The Bertz CT molecular complexity index is 308. The normalized spacial score (nSPS) is 10.8. The van der Waals surface area contributed by atoms with E-state index in [9.17, 15) is 0 Å². The number of hydrogen-bond acceptors (Lipinski definition) is 4. The molecule has 0 radical (unpaired) electrons. The SMILES string of the molecule is CCC(CC)NCc1ccnc(N(C)C)n1. The summed E-state index contributed by atoms with van der Waals surface area (Å²) in [6.07, 6.45) is 4.12. The minimum Gasteiger partial charge on any atom is -0.347 e. The van der Waals surface area contributed by atoms with Crippen molar-refractivity contribution in [3.63, 3.8) is 0 Å². The molecule has 1 rings (SSSR count). The lowest BCUT2D eigenvalue weighted by Gasteiger charge is -2.15. The van der Waals surface area contributed by atoms with Crippen LogP contribution in [-0.2, 0) is 6.54 Å². The van der Waals surface area contributed by atoms with Gasteiger partial charge in [-0.1, -0.05) is 13.8 Å². The second kappa shape index (κ2) is 6.43. The summed E-state index contributed by atoms with van der Waals surface area (Å²) in [6.45, 7) is 5.22. The first-order valence-corrected chi connectivity index (χ1v) is 5.90. The Morgan fingerprint density at radius 2 is 2.00 bits per heavy atom. The fourth-order valence-electron chi connectivity index (χ4n) is 1.52. The highest BCUT2D eigenvalue weighted by atomic mass is 15.2. The van der Waals surface area contributed by atoms with Crippen molar-refractivity contribution in [3.05, 3.63) is 18.0 Å². The summed E-state index contributed by atoms with van der Waals surface area (Å²) in [5, 5.41) is 3.49. The van der Waals surface area contributed by atoms with Gasteiger partial charge < -0.3 is 10.2 Å². The molecule has 0 bridgehead atoms. The first kappa shape index (κ1) is 12.9. The van der Waals surface area contributed by atoms with Gasteiger partial charge in [0.25, 0.3) is 0 Å². The van der Waals surface area contributed by atoms with Crippen molar-refractivity contribution < 1.29 is 0 Å². The van der Waals surface area contributed by atoms with Crippen molar-refractivity contribution in [2.45, 2.75) is 39.3 Å². The smallest absolute Gasteiger partial charge is 0.225 e. The van der Waals surface area contributed by atoms with Crippen LogP contribution >= 0.6 is 0 Å². The Labute approximate surface area is 98.1 Å². The van der Waals surface area contributed by atoms with Gasteiger partial charge in [-0.2, -0.15) is 0 Å². The van der Waals surface area contributed by atoms with E-state index in [0.29, 0.717) is 6.04 Å². The number of nitrogens with zero attached hydrogens (tertiary/aromatic N) is 3. The molecule has 0 unspecified atom stereocenters. The van der Waals surface area contributed by atoms with Gasteiger partial charge >= 0.3 is 0 Å². The molecule has 0 aliphatic heterocycles. The molecule has 16 heavy (non-hydrogen) atoms. The standard InChI is InChI=1S/C12H22N4/c1-5-10(6-2)14-9-11-7-8-13-12(15-11)16(3)4/h7-8,10,14H,5-6,9H2,1-4H3. The predicted molar refractivity (Wildman–Crippen MR) is 67.6 cm³/mol. The zero-order valence-electron chi connectivity index (χ0n) is 10.7. The van der Waals surface area contributed by atoms with Crippen LogP contribution in [0.1, 0.15) is 32.4 Å². The molecule has 1 heterocycles. The number of rotatable bonds is 6. The molecular weight excluding hydrogens is 200 g/mol. The Hall–Kier alpha value is -1.16. The van der Waals surface area contributed by atoms with Gasteiger partial charge in [0.15, 0.2) is 0 Å². The van der Waals surface area contributed by atoms with Crippen molar-refractivity contribution in [1.29, 1.82) is 0 Å². The molecule has 1 N–H and O–H groups in total. The van der Waals surface area contributed by atoms with Crippen LogP contribution in [0.15, 0.2) is 12.3 Å². The molecule has 0 saturated carbocycles. The molecule has 0 spiro atoms. The first-order valence-electron chi connectivity index (χ1n) is 5.90. The van der Waals surface area contributed by atoms with E-state index in [1.807, 2.05) is 31.3 Å². The lowest BCUT2D eigenvalue weighted by molar-refractivity contribution is 0.480. The van der Waals surface area contributed by atoms with Gasteiger partial charge in [-0.15, -0.1) is 0 Å². The van der Waals surface area contributed by atoms with E-state index in [2.05, 4.69) is 29.1 Å². The van der Waals surface area contributed by atoms with Gasteiger partial charge in [-0.05, 0) is 18.9 Å². The molecule has 0 fully saturated rings. The molecule has 0 atom stereocenters. The number of aromatic nitrogens is 2. The third kappa shape index (κ3) is 3.77. The average molecular weight is 222 g/mol. The fraction of sp³-hybridized carbons (Fsp3) is 0.667. The Morgan fingerprint density at radius 3 is 2.56 bits per heavy atom. The summed E-state index contributed by atoms with van der Waals surface area (Å²) in [7, 11) is 3.90. The van der Waals surface area contributed by atoms with E-state index in [1.165, 1.54) is 0 Å². The van der Waals surface area contributed by atoms with E-state index in [4.69, 9.17) is 0 Å². The van der Waals surface area contributed by atoms with E-state index in [0.717, 1.165) is 31.0 Å². The van der Waals surface area contributed by atoms with Crippen LogP contribution in [0, 0.1) is 0 Å². The molecule has 0 saturated heterocycles. The molecule has 0 aliphatic carbocycles. The monoisotopic (exact) mass is 222 g/mol. The van der Waals surface area contributed by atoms with Gasteiger partial charge in [0, 0.05) is 32.9 Å². The van der Waals surface area contributed by atoms with E-state index in [1.54, 1.807) is 0 Å². The highest BCUT2D eigenvalue weighted by Crippen LogP contribution is 2.04. The Kier molecular flexibility index (Phi) is 5.19. The maximum Gasteiger partial charge on any atom is 0.225 e. The van der Waals surface area contributed by atoms with Crippen LogP contribution in [0.4, 0.5) is 5.95 Å². The zero-order chi connectivity index (χ0) is 12.0. The molecular formula is C12H22N4. The van der Waals surface area contributed by atoms with Gasteiger partial charge in [0.05, 0.1) is 5.69 Å². The summed E-state index contributed by atoms with van der Waals surface area (Å²) in [5.41, 5.74) is 1.05. The lowest BCUT2D eigenvalue weighted by atomic mass is 10.2. The van der Waals surface area contributed by atoms with Crippen molar-refractivity contribution in [2.75, 3.05) is 19.0 Å². The molecule has 0 aromatic carbocycles. The van der Waals surface area contributed by atoms with Crippen molar-refractivity contribution in [1.82, 2.24) is 15.3 Å². The zero-order valence-corrected chi connectivity index (χ0v) is 10.7. The summed E-state index contributed by atoms with van der Waals surface area (Å²) >= 11 is 0. The molecule has 4 nitrogen and oxygen atoms in total. The quantitative estimate of drug-likeness (QED) is 0.797. The Morgan fingerprint density at radius 1 is 1.31 bits per heavy atom. The highest BCUT2D eigenvalue weighted by molar-refractivity contribution is 5.26. The van der Waals surface area contributed by atoms with Crippen LogP contribution in [0.2, 0.25) is 0 Å². The second-order valence-electron chi connectivity index (χ2n) is 4.14. The van der Waals surface area contributed by atoms with Gasteiger partial charge in [0.2, 0.25) is 5.95 Å². The Balaban J connectivity index is 2.56. The molecule has 4 heteroatoms. The maximum atomic E-state index is 4.47. The molecule has 1 aromatic heterocycles. The number of anilines is 1. The number of nitrogens with one attached hydrogen (secondary N) is 1. The van der Waals surface area contributed by atoms with Crippen molar-refractivity contribution >= 4 is 5.95 Å². The van der Waals surface area contributed by atoms with Crippen LogP contribution in [-0.4, -0.2) is 30.1 Å². The van der Waals surface area contributed by atoms with Gasteiger partial charge in [-0.25, -0.2) is 9.97 Å². The van der Waals surface area contributed by atoms with Crippen LogP contribution in [0.25, 0.3) is 0 Å². The van der Waals surface area contributed by atoms with Crippen LogP contribution in [0.5, 0.6) is 0 Å². The van der Waals surface area contributed by atoms with Crippen molar-refractivity contribution in [3.8, 4) is 0 Å².